The quantitative estimate of drug-likeness (QED) is 0.591. The van der Waals surface area contributed by atoms with Gasteiger partial charge in [0.25, 0.3) is 0 Å². The van der Waals surface area contributed by atoms with Crippen LogP contribution in [0.3, 0.4) is 0 Å². The van der Waals surface area contributed by atoms with Gasteiger partial charge in [-0.25, -0.2) is 0 Å². The molecule has 122 valence electrons. The molecule has 0 spiro atoms. The van der Waals surface area contributed by atoms with E-state index in [1.54, 1.807) is 0 Å². The third kappa shape index (κ3) is 4.79. The fourth-order valence-electron chi connectivity index (χ4n) is 3.22. The summed E-state index contributed by atoms with van der Waals surface area (Å²) in [5, 5.41) is 0. The molecule has 0 bridgehead atoms. The minimum absolute atomic E-state index is 0.480. The molecule has 1 heterocycles. The summed E-state index contributed by atoms with van der Waals surface area (Å²) in [6.45, 7) is 8.03. The fraction of sp³-hybridized carbons (Fsp3) is 0.600. The lowest BCUT2D eigenvalue weighted by atomic mass is 10.1. The van der Waals surface area contributed by atoms with Gasteiger partial charge in [-0.05, 0) is 25.8 Å². The molecule has 0 aliphatic carbocycles. The summed E-state index contributed by atoms with van der Waals surface area (Å²) in [4.78, 5) is 5.04. The van der Waals surface area contributed by atoms with E-state index in [0.29, 0.717) is 12.2 Å². The van der Waals surface area contributed by atoms with Crippen LogP contribution < -0.4 is 0 Å². The van der Waals surface area contributed by atoms with Gasteiger partial charge in [0.2, 0.25) is 0 Å². The predicted molar refractivity (Wildman–Crippen MR) is 95.5 cm³/mol. The zero-order chi connectivity index (χ0) is 15.8. The van der Waals surface area contributed by atoms with Crippen LogP contribution in [0.2, 0.25) is 0 Å². The zero-order valence-corrected chi connectivity index (χ0v) is 14.5. The molecule has 1 unspecified atom stereocenters. The van der Waals surface area contributed by atoms with E-state index < -0.39 is 0 Å². The van der Waals surface area contributed by atoms with Gasteiger partial charge >= 0.3 is 0 Å². The third-order valence-corrected chi connectivity index (χ3v) is 4.53. The average molecular weight is 300 g/mol. The van der Waals surface area contributed by atoms with E-state index in [-0.39, 0.29) is 0 Å². The maximum Gasteiger partial charge on any atom is 0.105 e. The molecule has 1 aliphatic rings. The van der Waals surface area contributed by atoms with Gasteiger partial charge in [-0.1, -0.05) is 62.9 Å². The minimum Gasteiger partial charge on any atom is -0.356 e. The van der Waals surface area contributed by atoms with Crippen LogP contribution in [-0.4, -0.2) is 28.6 Å². The van der Waals surface area contributed by atoms with Crippen molar-refractivity contribution in [2.24, 2.45) is 0 Å². The number of rotatable bonds is 9. The van der Waals surface area contributed by atoms with Crippen molar-refractivity contribution in [3.8, 4) is 0 Å². The molecule has 0 aromatic heterocycles. The number of hydrogen-bond acceptors (Lipinski definition) is 2. The summed E-state index contributed by atoms with van der Waals surface area (Å²) in [5.41, 5.74) is 1.43. The maximum atomic E-state index is 2.54. The Morgan fingerprint density at radius 1 is 0.955 bits per heavy atom. The standard InChI is InChI=1S/C20H32N2/c1-4-5-6-7-11-14-21-15-16-22(18(2)3)20(21)17-19-12-9-8-10-13-19/h8-10,12-13,15-16,18,20H,4-7,11,14,17H2,1-3H3. The first-order valence-electron chi connectivity index (χ1n) is 8.97. The highest BCUT2D eigenvalue weighted by Crippen LogP contribution is 2.23. The first-order chi connectivity index (χ1) is 10.7. The monoisotopic (exact) mass is 300 g/mol. The first kappa shape index (κ1) is 16.9. The summed E-state index contributed by atoms with van der Waals surface area (Å²) in [7, 11) is 0. The van der Waals surface area contributed by atoms with E-state index in [1.807, 2.05) is 0 Å². The van der Waals surface area contributed by atoms with E-state index >= 15 is 0 Å². The molecule has 1 aliphatic heterocycles. The Labute approximate surface area is 136 Å². The first-order valence-corrected chi connectivity index (χ1v) is 8.97. The highest BCUT2D eigenvalue weighted by Gasteiger charge is 2.27. The molecule has 0 saturated heterocycles. The van der Waals surface area contributed by atoms with Crippen LogP contribution in [0.15, 0.2) is 42.7 Å². The van der Waals surface area contributed by atoms with E-state index in [0.717, 1.165) is 6.42 Å². The molecule has 1 atom stereocenters. The number of unbranched alkanes of at least 4 members (excludes halogenated alkanes) is 4. The molecular weight excluding hydrogens is 268 g/mol. The second-order valence-electron chi connectivity index (χ2n) is 6.66. The Morgan fingerprint density at radius 2 is 1.68 bits per heavy atom. The zero-order valence-electron chi connectivity index (χ0n) is 14.5. The molecule has 1 aromatic rings. The normalized spacial score (nSPS) is 17.7. The topological polar surface area (TPSA) is 6.48 Å². The Bertz CT molecular complexity index is 438. The van der Waals surface area contributed by atoms with Crippen LogP contribution >= 0.6 is 0 Å². The summed E-state index contributed by atoms with van der Waals surface area (Å²) in [6, 6.07) is 11.4. The lowest BCUT2D eigenvalue weighted by Crippen LogP contribution is -2.43. The molecule has 1 aromatic carbocycles. The smallest absolute Gasteiger partial charge is 0.105 e. The van der Waals surface area contributed by atoms with Crippen molar-refractivity contribution in [3.05, 3.63) is 48.3 Å². The molecule has 0 radical (unpaired) electrons. The molecule has 0 fully saturated rings. The lowest BCUT2D eigenvalue weighted by molar-refractivity contribution is 0.125. The molecule has 2 rings (SSSR count). The third-order valence-electron chi connectivity index (χ3n) is 4.53. The van der Waals surface area contributed by atoms with Crippen molar-refractivity contribution >= 4 is 0 Å². The van der Waals surface area contributed by atoms with Gasteiger partial charge in [-0.2, -0.15) is 0 Å². The SMILES string of the molecule is CCCCCCCN1C=CN(C(C)C)C1Cc1ccccc1. The molecule has 0 saturated carbocycles. The minimum atomic E-state index is 0.480. The number of benzene rings is 1. The largest absolute Gasteiger partial charge is 0.356 e. The molecule has 0 N–H and O–H groups in total. The van der Waals surface area contributed by atoms with Gasteiger partial charge in [0.1, 0.15) is 6.17 Å². The maximum absolute atomic E-state index is 2.54. The van der Waals surface area contributed by atoms with Gasteiger partial charge < -0.3 is 9.80 Å². The van der Waals surface area contributed by atoms with Gasteiger partial charge in [0.05, 0.1) is 0 Å². The molecule has 22 heavy (non-hydrogen) atoms. The summed E-state index contributed by atoms with van der Waals surface area (Å²) >= 11 is 0. The lowest BCUT2D eigenvalue weighted by Gasteiger charge is -2.35. The Balaban J connectivity index is 1.91. The van der Waals surface area contributed by atoms with Gasteiger partial charge in [-0.3, -0.25) is 0 Å². The number of nitrogens with zero attached hydrogens (tertiary/aromatic N) is 2. The fourth-order valence-corrected chi connectivity index (χ4v) is 3.22. The van der Waals surface area contributed by atoms with Crippen molar-refractivity contribution in [1.29, 1.82) is 0 Å². The van der Waals surface area contributed by atoms with E-state index in [9.17, 15) is 0 Å². The Kier molecular flexibility index (Phi) is 6.82. The van der Waals surface area contributed by atoms with Crippen LogP contribution in [0.25, 0.3) is 0 Å². The van der Waals surface area contributed by atoms with Crippen molar-refractivity contribution in [1.82, 2.24) is 9.80 Å². The van der Waals surface area contributed by atoms with Gasteiger partial charge in [0.15, 0.2) is 0 Å². The van der Waals surface area contributed by atoms with Crippen LogP contribution in [0, 0.1) is 0 Å². The van der Waals surface area contributed by atoms with E-state index in [1.165, 1.54) is 44.2 Å². The Hall–Kier alpha value is -1.44. The van der Waals surface area contributed by atoms with E-state index in [2.05, 4.69) is 73.3 Å². The summed E-state index contributed by atoms with van der Waals surface area (Å²) < 4.78 is 0. The summed E-state index contributed by atoms with van der Waals surface area (Å²) in [6.07, 6.45) is 12.9. The van der Waals surface area contributed by atoms with Gasteiger partial charge in [0, 0.05) is 31.4 Å². The van der Waals surface area contributed by atoms with Crippen LogP contribution in [0.4, 0.5) is 0 Å². The molecule has 2 heteroatoms. The van der Waals surface area contributed by atoms with Gasteiger partial charge in [-0.15, -0.1) is 0 Å². The number of hydrogen-bond donors (Lipinski definition) is 0. The Morgan fingerprint density at radius 3 is 2.36 bits per heavy atom. The highest BCUT2D eigenvalue weighted by atomic mass is 15.4. The van der Waals surface area contributed by atoms with Crippen molar-refractivity contribution in [3.63, 3.8) is 0 Å². The second kappa shape index (κ2) is 8.87. The average Bonchev–Trinajstić information content (AvgIpc) is 2.91. The highest BCUT2D eigenvalue weighted by molar-refractivity contribution is 5.17. The molecular formula is C20H32N2. The van der Waals surface area contributed by atoms with Crippen molar-refractivity contribution in [2.45, 2.75) is 71.5 Å². The van der Waals surface area contributed by atoms with Crippen LogP contribution in [0.5, 0.6) is 0 Å². The van der Waals surface area contributed by atoms with Crippen LogP contribution in [0.1, 0.15) is 58.4 Å². The molecule has 2 nitrogen and oxygen atoms in total. The van der Waals surface area contributed by atoms with Crippen molar-refractivity contribution < 1.29 is 0 Å². The predicted octanol–water partition coefficient (Wildman–Crippen LogP) is 5.02. The van der Waals surface area contributed by atoms with Crippen molar-refractivity contribution in [2.75, 3.05) is 6.54 Å². The molecule has 0 amide bonds. The summed E-state index contributed by atoms with van der Waals surface area (Å²) in [5.74, 6) is 0. The van der Waals surface area contributed by atoms with Crippen LogP contribution in [-0.2, 0) is 6.42 Å². The second-order valence-corrected chi connectivity index (χ2v) is 6.66. The van der Waals surface area contributed by atoms with E-state index in [4.69, 9.17) is 0 Å².